The van der Waals surface area contributed by atoms with Crippen LogP contribution in [-0.4, -0.2) is 0 Å². The minimum Gasteiger partial charge on any atom is -0.361 e. The first-order chi connectivity index (χ1) is 5.84. The Morgan fingerprint density at radius 1 is 1.42 bits per heavy atom. The summed E-state index contributed by atoms with van der Waals surface area (Å²) in [4.78, 5) is 0. The van der Waals surface area contributed by atoms with Crippen LogP contribution < -0.4 is 5.32 Å². The molecular weight excluding hydrogens is 148 g/mol. The molecule has 0 saturated heterocycles. The fourth-order valence-electron chi connectivity index (χ4n) is 0.904. The van der Waals surface area contributed by atoms with Crippen molar-refractivity contribution in [2.75, 3.05) is 5.32 Å². The van der Waals surface area contributed by atoms with Gasteiger partial charge in [-0.05, 0) is 18.6 Å². The molecule has 0 amide bonds. The Balaban J connectivity index is 2.71. The van der Waals surface area contributed by atoms with Gasteiger partial charge < -0.3 is 5.32 Å². The predicted octanol–water partition coefficient (Wildman–Crippen LogP) is 2.44. The largest absolute Gasteiger partial charge is 0.361 e. The molecule has 2 nitrogen and oxygen atoms in total. The minimum atomic E-state index is 1.03. The second kappa shape index (κ2) is 4.20. The van der Waals surface area contributed by atoms with Gasteiger partial charge in [0.25, 0.3) is 0 Å². The number of aryl methyl sites for hydroxylation is 1. The average Bonchev–Trinajstić information content (AvgIpc) is 2.09. The van der Waals surface area contributed by atoms with Crippen molar-refractivity contribution in [3.8, 4) is 6.07 Å². The zero-order valence-electron chi connectivity index (χ0n) is 6.91. The van der Waals surface area contributed by atoms with Crippen LogP contribution in [0, 0.1) is 18.3 Å². The molecule has 0 saturated carbocycles. The predicted molar refractivity (Wildman–Crippen MR) is 49.6 cm³/mol. The number of anilines is 1. The Morgan fingerprint density at radius 3 is 2.83 bits per heavy atom. The Bertz CT molecular complexity index is 321. The molecule has 0 aliphatic carbocycles. The molecule has 0 atom stereocenters. The van der Waals surface area contributed by atoms with E-state index in [9.17, 15) is 0 Å². The molecule has 1 aromatic carbocycles. The smallest absolute Gasteiger partial charge is 0.0927 e. The van der Waals surface area contributed by atoms with E-state index >= 15 is 0 Å². The molecule has 0 unspecified atom stereocenters. The lowest BCUT2D eigenvalue weighted by Crippen LogP contribution is -1.89. The third-order valence-electron chi connectivity index (χ3n) is 1.54. The summed E-state index contributed by atoms with van der Waals surface area (Å²) in [5.74, 6) is 0. The highest BCUT2D eigenvalue weighted by Crippen LogP contribution is 2.12. The van der Waals surface area contributed by atoms with E-state index in [4.69, 9.17) is 5.26 Å². The molecule has 1 rings (SSSR count). The first-order valence-electron chi connectivity index (χ1n) is 3.71. The highest BCUT2D eigenvalue weighted by Gasteiger charge is 1.90. The highest BCUT2D eigenvalue weighted by molar-refractivity contribution is 5.52. The Kier molecular flexibility index (Phi) is 2.92. The van der Waals surface area contributed by atoms with Crippen LogP contribution in [0.2, 0.25) is 0 Å². The Morgan fingerprint density at radius 2 is 2.17 bits per heavy atom. The van der Waals surface area contributed by atoms with E-state index in [2.05, 4.69) is 5.32 Å². The second-order valence-electron chi connectivity index (χ2n) is 2.42. The van der Waals surface area contributed by atoms with E-state index in [0.717, 1.165) is 5.69 Å². The highest BCUT2D eigenvalue weighted by atomic mass is 14.8. The maximum absolute atomic E-state index is 8.24. The van der Waals surface area contributed by atoms with Crippen LogP contribution in [0.15, 0.2) is 36.5 Å². The molecule has 0 heterocycles. The van der Waals surface area contributed by atoms with Crippen LogP contribution in [0.4, 0.5) is 5.69 Å². The van der Waals surface area contributed by atoms with Crippen molar-refractivity contribution < 1.29 is 0 Å². The molecule has 1 N–H and O–H groups in total. The summed E-state index contributed by atoms with van der Waals surface area (Å²) in [6.45, 7) is 2.02. The number of nitriles is 1. The molecule has 2 heteroatoms. The van der Waals surface area contributed by atoms with Gasteiger partial charge in [-0.25, -0.2) is 0 Å². The van der Waals surface area contributed by atoms with E-state index in [1.165, 1.54) is 11.6 Å². The zero-order valence-corrected chi connectivity index (χ0v) is 6.91. The number of hydrogen-bond acceptors (Lipinski definition) is 2. The lowest BCUT2D eigenvalue weighted by atomic mass is 10.2. The summed E-state index contributed by atoms with van der Waals surface area (Å²) in [6, 6.07) is 9.83. The van der Waals surface area contributed by atoms with E-state index in [1.807, 2.05) is 37.3 Å². The van der Waals surface area contributed by atoms with Gasteiger partial charge in [-0.1, -0.05) is 18.2 Å². The summed E-state index contributed by atoms with van der Waals surface area (Å²) in [5.41, 5.74) is 2.20. The monoisotopic (exact) mass is 158 g/mol. The summed E-state index contributed by atoms with van der Waals surface area (Å²) >= 11 is 0. The first-order valence-corrected chi connectivity index (χ1v) is 3.71. The van der Waals surface area contributed by atoms with Gasteiger partial charge in [0.2, 0.25) is 0 Å². The van der Waals surface area contributed by atoms with Crippen LogP contribution in [0.1, 0.15) is 5.56 Å². The normalized spacial score (nSPS) is 9.67. The van der Waals surface area contributed by atoms with Gasteiger partial charge in [0.15, 0.2) is 0 Å². The van der Waals surface area contributed by atoms with Crippen LogP contribution in [-0.2, 0) is 0 Å². The topological polar surface area (TPSA) is 35.8 Å². The summed E-state index contributed by atoms with van der Waals surface area (Å²) in [5, 5.41) is 11.2. The van der Waals surface area contributed by atoms with Gasteiger partial charge in [-0.15, -0.1) is 0 Å². The summed E-state index contributed by atoms with van der Waals surface area (Å²) in [6.07, 6.45) is 3.04. The van der Waals surface area contributed by atoms with E-state index < -0.39 is 0 Å². The molecule has 1 aromatic rings. The average molecular weight is 158 g/mol. The van der Waals surface area contributed by atoms with Crippen molar-refractivity contribution in [2.24, 2.45) is 0 Å². The molecule has 0 aliphatic rings. The minimum absolute atomic E-state index is 1.03. The van der Waals surface area contributed by atoms with Gasteiger partial charge in [0, 0.05) is 18.0 Å². The van der Waals surface area contributed by atoms with Crippen molar-refractivity contribution in [1.29, 1.82) is 5.26 Å². The standard InChI is InChI=1S/C10H10N2/c1-9-5-2-3-6-10(9)12-8-4-7-11/h2-6,8,12H,1H3/b8-4+. The number of nitrogens with zero attached hydrogens (tertiary/aromatic N) is 1. The lowest BCUT2D eigenvalue weighted by molar-refractivity contribution is 1.43. The van der Waals surface area contributed by atoms with Crippen LogP contribution >= 0.6 is 0 Å². The number of rotatable bonds is 2. The molecule has 0 fully saturated rings. The van der Waals surface area contributed by atoms with Gasteiger partial charge in [-0.3, -0.25) is 0 Å². The van der Waals surface area contributed by atoms with Crippen molar-refractivity contribution in [1.82, 2.24) is 0 Å². The number of para-hydroxylation sites is 1. The van der Waals surface area contributed by atoms with Crippen molar-refractivity contribution >= 4 is 5.69 Å². The second-order valence-corrected chi connectivity index (χ2v) is 2.42. The van der Waals surface area contributed by atoms with Gasteiger partial charge in [0.05, 0.1) is 6.07 Å². The first kappa shape index (κ1) is 8.35. The number of nitrogens with one attached hydrogen (secondary N) is 1. The number of allylic oxidation sites excluding steroid dienone is 1. The van der Waals surface area contributed by atoms with Gasteiger partial charge in [0.1, 0.15) is 0 Å². The third-order valence-corrected chi connectivity index (χ3v) is 1.54. The number of benzene rings is 1. The maximum atomic E-state index is 8.24. The lowest BCUT2D eigenvalue weighted by Gasteiger charge is -2.02. The molecule has 0 aromatic heterocycles. The van der Waals surface area contributed by atoms with Crippen molar-refractivity contribution in [3.05, 3.63) is 42.1 Å². The van der Waals surface area contributed by atoms with Crippen LogP contribution in [0.5, 0.6) is 0 Å². The molecule has 0 spiro atoms. The maximum Gasteiger partial charge on any atom is 0.0927 e. The molecule has 0 radical (unpaired) electrons. The summed E-state index contributed by atoms with van der Waals surface area (Å²) < 4.78 is 0. The van der Waals surface area contributed by atoms with Crippen LogP contribution in [0.3, 0.4) is 0 Å². The Hall–Kier alpha value is -1.75. The quantitative estimate of drug-likeness (QED) is 0.671. The van der Waals surface area contributed by atoms with Crippen LogP contribution in [0.25, 0.3) is 0 Å². The Labute approximate surface area is 72.1 Å². The van der Waals surface area contributed by atoms with Gasteiger partial charge in [-0.2, -0.15) is 5.26 Å². The fourth-order valence-corrected chi connectivity index (χ4v) is 0.904. The zero-order chi connectivity index (χ0) is 8.81. The van der Waals surface area contributed by atoms with Gasteiger partial charge >= 0.3 is 0 Å². The van der Waals surface area contributed by atoms with E-state index in [-0.39, 0.29) is 0 Å². The molecular formula is C10H10N2. The van der Waals surface area contributed by atoms with Crippen molar-refractivity contribution in [3.63, 3.8) is 0 Å². The molecule has 0 aliphatic heterocycles. The molecule has 60 valence electrons. The van der Waals surface area contributed by atoms with E-state index in [0.29, 0.717) is 0 Å². The molecule has 0 bridgehead atoms. The SMILES string of the molecule is Cc1ccccc1N/C=C/C#N. The summed E-state index contributed by atoms with van der Waals surface area (Å²) in [7, 11) is 0. The number of hydrogen-bond donors (Lipinski definition) is 1. The van der Waals surface area contributed by atoms with Crippen molar-refractivity contribution in [2.45, 2.75) is 6.92 Å². The molecule has 12 heavy (non-hydrogen) atoms. The third kappa shape index (κ3) is 2.14. The fraction of sp³-hybridized carbons (Fsp3) is 0.100. The van der Waals surface area contributed by atoms with E-state index in [1.54, 1.807) is 6.20 Å².